The fourth-order valence-electron chi connectivity index (χ4n) is 4.47. The quantitative estimate of drug-likeness (QED) is 0.439. The van der Waals surface area contributed by atoms with Crippen LogP contribution in [0.15, 0.2) is 40.9 Å². The fourth-order valence-corrected chi connectivity index (χ4v) is 5.37. The number of thiazole rings is 1. The van der Waals surface area contributed by atoms with Gasteiger partial charge in [0.1, 0.15) is 23.1 Å². The van der Waals surface area contributed by atoms with Crippen molar-refractivity contribution < 1.29 is 27.2 Å². The number of aromatic nitrogens is 3. The van der Waals surface area contributed by atoms with E-state index in [0.29, 0.717) is 43.6 Å². The molecule has 36 heavy (non-hydrogen) atoms. The zero-order chi connectivity index (χ0) is 25.4. The van der Waals surface area contributed by atoms with Crippen LogP contribution < -0.4 is 0 Å². The van der Waals surface area contributed by atoms with Gasteiger partial charge in [-0.25, -0.2) is 9.37 Å². The zero-order valence-electron chi connectivity index (χ0n) is 19.3. The Hall–Kier alpha value is -3.28. The minimum Gasteiger partial charge on any atom is -0.387 e. The number of amides is 1. The van der Waals surface area contributed by atoms with Crippen molar-refractivity contribution in [2.75, 3.05) is 13.1 Å². The Morgan fingerprint density at radius 1 is 1.22 bits per heavy atom. The number of oxime groups is 1. The standard InChI is InChI=1S/C24H23F4N5O2S/c1-14-10-21(24(26,27)28)30-33(14)12-22(34)32-8-6-15(7-9-32)19-13-36-23(29-19)18-11-20(35-31-18)16-4-2-3-5-17(16)25/h2-5,10,13,15,20H,6-9,11-12H2,1H3. The predicted octanol–water partition coefficient (Wildman–Crippen LogP) is 5.08. The van der Waals surface area contributed by atoms with E-state index in [1.165, 1.54) is 24.3 Å². The van der Waals surface area contributed by atoms with Gasteiger partial charge in [-0.15, -0.1) is 11.3 Å². The summed E-state index contributed by atoms with van der Waals surface area (Å²) in [4.78, 5) is 24.5. The molecule has 2 aliphatic rings. The first-order valence-corrected chi connectivity index (χ1v) is 12.4. The lowest BCUT2D eigenvalue weighted by atomic mass is 9.94. The molecule has 1 aromatic carbocycles. The van der Waals surface area contributed by atoms with Gasteiger partial charge in [0.2, 0.25) is 5.91 Å². The van der Waals surface area contributed by atoms with Gasteiger partial charge in [0.05, 0.1) is 5.69 Å². The summed E-state index contributed by atoms with van der Waals surface area (Å²) >= 11 is 1.46. The predicted molar refractivity (Wildman–Crippen MR) is 124 cm³/mol. The molecular formula is C24H23F4N5O2S. The molecule has 0 spiro atoms. The highest BCUT2D eigenvalue weighted by molar-refractivity contribution is 7.11. The van der Waals surface area contributed by atoms with Crippen LogP contribution in [0.4, 0.5) is 17.6 Å². The molecule has 0 bridgehead atoms. The van der Waals surface area contributed by atoms with E-state index in [-0.39, 0.29) is 29.9 Å². The van der Waals surface area contributed by atoms with E-state index in [0.717, 1.165) is 21.4 Å². The van der Waals surface area contributed by atoms with Crippen LogP contribution in [0.5, 0.6) is 0 Å². The highest BCUT2D eigenvalue weighted by Gasteiger charge is 2.35. The lowest BCUT2D eigenvalue weighted by Gasteiger charge is -2.31. The molecule has 1 unspecified atom stereocenters. The summed E-state index contributed by atoms with van der Waals surface area (Å²) in [5, 5.41) is 10.4. The van der Waals surface area contributed by atoms with Gasteiger partial charge in [0.15, 0.2) is 11.8 Å². The smallest absolute Gasteiger partial charge is 0.387 e. The van der Waals surface area contributed by atoms with E-state index in [4.69, 9.17) is 9.82 Å². The van der Waals surface area contributed by atoms with E-state index >= 15 is 0 Å². The summed E-state index contributed by atoms with van der Waals surface area (Å²) in [6, 6.07) is 7.41. The number of hydrogen-bond donors (Lipinski definition) is 0. The van der Waals surface area contributed by atoms with Crippen LogP contribution in [0.3, 0.4) is 0 Å². The van der Waals surface area contributed by atoms with Crippen LogP contribution in [0.2, 0.25) is 0 Å². The molecule has 0 N–H and O–H groups in total. The van der Waals surface area contributed by atoms with Gasteiger partial charge in [-0.2, -0.15) is 18.3 Å². The van der Waals surface area contributed by atoms with Crippen molar-refractivity contribution >= 4 is 23.0 Å². The van der Waals surface area contributed by atoms with Crippen molar-refractivity contribution in [2.45, 2.75) is 50.9 Å². The number of benzene rings is 1. The number of likely N-dealkylation sites (tertiary alicyclic amines) is 1. The molecule has 5 rings (SSSR count). The molecule has 0 aliphatic carbocycles. The van der Waals surface area contributed by atoms with Gasteiger partial charge in [0.25, 0.3) is 0 Å². The molecule has 0 radical (unpaired) electrons. The number of alkyl halides is 3. The average Bonchev–Trinajstić information content (AvgIpc) is 3.59. The number of aryl methyl sites for hydroxylation is 1. The summed E-state index contributed by atoms with van der Waals surface area (Å²) < 4.78 is 53.8. The molecule has 190 valence electrons. The molecule has 1 amide bonds. The summed E-state index contributed by atoms with van der Waals surface area (Å²) in [7, 11) is 0. The van der Waals surface area contributed by atoms with E-state index in [2.05, 4.69) is 10.3 Å². The van der Waals surface area contributed by atoms with Crippen molar-refractivity contribution in [3.8, 4) is 0 Å². The highest BCUT2D eigenvalue weighted by atomic mass is 32.1. The lowest BCUT2D eigenvalue weighted by Crippen LogP contribution is -2.40. The average molecular weight is 522 g/mol. The molecular weight excluding hydrogens is 498 g/mol. The first-order valence-electron chi connectivity index (χ1n) is 11.5. The highest BCUT2D eigenvalue weighted by Crippen LogP contribution is 2.34. The Bertz CT molecular complexity index is 1290. The van der Waals surface area contributed by atoms with Crippen LogP contribution in [0, 0.1) is 12.7 Å². The Kier molecular flexibility index (Phi) is 6.54. The topological polar surface area (TPSA) is 72.6 Å². The molecule has 0 saturated carbocycles. The number of nitrogens with zero attached hydrogens (tertiary/aromatic N) is 5. The number of carbonyl (C=O) groups is 1. The lowest BCUT2D eigenvalue weighted by molar-refractivity contribution is -0.142. The second kappa shape index (κ2) is 9.64. The first-order chi connectivity index (χ1) is 17.2. The largest absolute Gasteiger partial charge is 0.435 e. The van der Waals surface area contributed by atoms with Crippen LogP contribution >= 0.6 is 11.3 Å². The second-order valence-corrected chi connectivity index (χ2v) is 9.77. The van der Waals surface area contributed by atoms with Crippen LogP contribution in [-0.4, -0.2) is 44.4 Å². The maximum absolute atomic E-state index is 14.1. The number of piperidine rings is 1. The SMILES string of the molecule is Cc1cc(C(F)(F)F)nn1CC(=O)N1CCC(c2csc(C3=NOC(c4ccccc4F)C3)n2)CC1. The van der Waals surface area contributed by atoms with Gasteiger partial charge < -0.3 is 9.74 Å². The van der Waals surface area contributed by atoms with Gasteiger partial charge in [0, 0.05) is 42.1 Å². The molecule has 12 heteroatoms. The Morgan fingerprint density at radius 2 is 1.97 bits per heavy atom. The van der Waals surface area contributed by atoms with E-state index in [9.17, 15) is 22.4 Å². The van der Waals surface area contributed by atoms with Crippen LogP contribution in [0.1, 0.15) is 58.9 Å². The molecule has 2 aromatic heterocycles. The van der Waals surface area contributed by atoms with Crippen LogP contribution in [-0.2, 0) is 22.4 Å². The third-order valence-electron chi connectivity index (χ3n) is 6.51. The Morgan fingerprint density at radius 3 is 2.67 bits per heavy atom. The van der Waals surface area contributed by atoms with Gasteiger partial charge in [-0.1, -0.05) is 23.4 Å². The Balaban J connectivity index is 1.16. The van der Waals surface area contributed by atoms with E-state index in [1.54, 1.807) is 23.1 Å². The minimum atomic E-state index is -4.54. The zero-order valence-corrected chi connectivity index (χ0v) is 20.2. The minimum absolute atomic E-state index is 0.160. The van der Waals surface area contributed by atoms with E-state index in [1.807, 2.05) is 5.38 Å². The maximum atomic E-state index is 14.1. The molecule has 1 saturated heterocycles. The van der Waals surface area contributed by atoms with Crippen molar-refractivity contribution in [2.24, 2.45) is 5.16 Å². The summed E-state index contributed by atoms with van der Waals surface area (Å²) in [6.07, 6.45) is -3.19. The molecule has 7 nitrogen and oxygen atoms in total. The number of halogens is 4. The first kappa shape index (κ1) is 24.4. The number of rotatable bonds is 5. The molecule has 2 aliphatic heterocycles. The molecule has 4 heterocycles. The van der Waals surface area contributed by atoms with Crippen molar-refractivity contribution in [3.63, 3.8) is 0 Å². The fraction of sp³-hybridized carbons (Fsp3) is 0.417. The monoisotopic (exact) mass is 521 g/mol. The van der Waals surface area contributed by atoms with Crippen molar-refractivity contribution in [1.29, 1.82) is 0 Å². The van der Waals surface area contributed by atoms with Gasteiger partial charge in [-0.3, -0.25) is 9.48 Å². The van der Waals surface area contributed by atoms with Gasteiger partial charge >= 0.3 is 6.18 Å². The number of carbonyl (C=O) groups excluding carboxylic acids is 1. The Labute approximate surface area is 208 Å². The van der Waals surface area contributed by atoms with Crippen LogP contribution in [0.25, 0.3) is 0 Å². The normalized spacial score (nSPS) is 18.9. The third kappa shape index (κ3) is 4.99. The second-order valence-electron chi connectivity index (χ2n) is 8.92. The van der Waals surface area contributed by atoms with E-state index < -0.39 is 18.0 Å². The van der Waals surface area contributed by atoms with Crippen molar-refractivity contribution in [1.82, 2.24) is 19.7 Å². The molecule has 1 atom stereocenters. The molecule has 1 fully saturated rings. The van der Waals surface area contributed by atoms with Gasteiger partial charge in [-0.05, 0) is 31.9 Å². The summed E-state index contributed by atoms with van der Waals surface area (Å²) in [6.45, 7) is 2.25. The van der Waals surface area contributed by atoms with Crippen molar-refractivity contribution in [3.05, 3.63) is 69.2 Å². The molecule has 3 aromatic rings. The summed E-state index contributed by atoms with van der Waals surface area (Å²) in [5.74, 6) is -0.430. The third-order valence-corrected chi connectivity index (χ3v) is 7.42. The maximum Gasteiger partial charge on any atom is 0.435 e. The summed E-state index contributed by atoms with van der Waals surface area (Å²) in [5.41, 5.74) is 1.35. The number of hydrogen-bond acceptors (Lipinski definition) is 6.